The lowest BCUT2D eigenvalue weighted by molar-refractivity contribution is -0.114. The van der Waals surface area contributed by atoms with E-state index in [1.165, 1.54) is 42.1 Å². The first kappa shape index (κ1) is 27.3. The maximum atomic E-state index is 13.4. The molecule has 0 saturated heterocycles. The summed E-state index contributed by atoms with van der Waals surface area (Å²) in [4.78, 5) is 39.2. The molecule has 4 aromatic rings. The fourth-order valence-corrected chi connectivity index (χ4v) is 4.33. The number of benzene rings is 4. The second kappa shape index (κ2) is 13.2. The number of hydrogen-bond donors (Lipinski definition) is 3. The minimum absolute atomic E-state index is 0.00822. The van der Waals surface area contributed by atoms with Crippen LogP contribution in [0.3, 0.4) is 0 Å². The monoisotopic (exact) mass is 539 g/mol. The number of anilines is 2. The van der Waals surface area contributed by atoms with Crippen LogP contribution in [0.4, 0.5) is 15.8 Å². The Kier molecular flexibility index (Phi) is 9.26. The predicted molar refractivity (Wildman–Crippen MR) is 154 cm³/mol. The third-order valence-corrected chi connectivity index (χ3v) is 6.58. The number of para-hydroxylation sites is 1. The zero-order chi connectivity index (χ0) is 27.6. The molecule has 0 fully saturated rings. The van der Waals surface area contributed by atoms with Gasteiger partial charge in [0.25, 0.3) is 11.8 Å². The molecule has 0 aromatic heterocycles. The van der Waals surface area contributed by atoms with Gasteiger partial charge >= 0.3 is 0 Å². The van der Waals surface area contributed by atoms with Crippen molar-refractivity contribution in [3.63, 3.8) is 0 Å². The summed E-state index contributed by atoms with van der Waals surface area (Å²) in [7, 11) is 0. The van der Waals surface area contributed by atoms with Gasteiger partial charge in [0, 0.05) is 21.8 Å². The van der Waals surface area contributed by atoms with E-state index in [4.69, 9.17) is 0 Å². The van der Waals surface area contributed by atoms with Crippen molar-refractivity contribution >= 4 is 46.9 Å². The van der Waals surface area contributed by atoms with E-state index in [2.05, 4.69) is 16.0 Å². The molecule has 196 valence electrons. The quantitative estimate of drug-likeness (QED) is 0.173. The lowest BCUT2D eigenvalue weighted by atomic mass is 10.1. The van der Waals surface area contributed by atoms with E-state index in [1.54, 1.807) is 48.5 Å². The average molecular weight is 540 g/mol. The van der Waals surface area contributed by atoms with E-state index in [-0.39, 0.29) is 17.4 Å². The van der Waals surface area contributed by atoms with Crippen LogP contribution in [0.15, 0.2) is 114 Å². The van der Waals surface area contributed by atoms with Crippen LogP contribution in [0.2, 0.25) is 0 Å². The number of nitrogens with one attached hydrogen (secondary N) is 3. The number of thioether (sulfide) groups is 1. The van der Waals surface area contributed by atoms with Crippen LogP contribution in [-0.2, 0) is 9.59 Å². The summed E-state index contributed by atoms with van der Waals surface area (Å²) in [6.07, 6.45) is 1.48. The van der Waals surface area contributed by atoms with E-state index in [0.717, 1.165) is 16.1 Å². The minimum atomic E-state index is -0.553. The predicted octanol–water partition coefficient (Wildman–Crippen LogP) is 6.27. The Morgan fingerprint density at radius 1 is 0.821 bits per heavy atom. The molecule has 0 bridgehead atoms. The molecule has 3 N–H and O–H groups in total. The van der Waals surface area contributed by atoms with Crippen molar-refractivity contribution in [2.24, 2.45) is 0 Å². The highest BCUT2D eigenvalue weighted by atomic mass is 32.2. The van der Waals surface area contributed by atoms with Crippen LogP contribution in [0.25, 0.3) is 6.08 Å². The molecule has 4 aromatic carbocycles. The summed E-state index contributed by atoms with van der Waals surface area (Å²) < 4.78 is 13.4. The maximum absolute atomic E-state index is 13.4. The van der Waals surface area contributed by atoms with Gasteiger partial charge in [-0.3, -0.25) is 14.4 Å². The second-order valence-electron chi connectivity index (χ2n) is 8.56. The van der Waals surface area contributed by atoms with Crippen LogP contribution >= 0.6 is 11.8 Å². The number of carbonyl (C=O) groups excluding carboxylic acids is 3. The molecule has 0 atom stereocenters. The molecule has 0 heterocycles. The Labute approximate surface area is 230 Å². The van der Waals surface area contributed by atoms with Crippen LogP contribution < -0.4 is 16.0 Å². The lowest BCUT2D eigenvalue weighted by Crippen LogP contribution is -2.30. The highest BCUT2D eigenvalue weighted by Crippen LogP contribution is 2.23. The van der Waals surface area contributed by atoms with Crippen molar-refractivity contribution < 1.29 is 18.8 Å². The number of rotatable bonds is 9. The fraction of sp³-hybridized carbons (Fsp3) is 0.0645. The second-order valence-corrected chi connectivity index (χ2v) is 9.61. The number of carbonyl (C=O) groups is 3. The molecule has 0 aliphatic rings. The highest BCUT2D eigenvalue weighted by Gasteiger charge is 2.15. The fourth-order valence-electron chi connectivity index (χ4n) is 3.58. The minimum Gasteiger partial charge on any atom is -0.325 e. The molecular formula is C31H26FN3O3S. The van der Waals surface area contributed by atoms with E-state index in [1.807, 2.05) is 37.3 Å². The van der Waals surface area contributed by atoms with Crippen molar-refractivity contribution in [2.45, 2.75) is 11.8 Å². The van der Waals surface area contributed by atoms with Crippen molar-refractivity contribution in [2.75, 3.05) is 16.4 Å². The van der Waals surface area contributed by atoms with Crippen LogP contribution in [0, 0.1) is 12.7 Å². The number of hydrogen-bond acceptors (Lipinski definition) is 4. The normalized spacial score (nSPS) is 11.0. The van der Waals surface area contributed by atoms with Crippen molar-refractivity contribution in [3.05, 3.63) is 131 Å². The number of aryl methyl sites for hydroxylation is 1. The standard InChI is InChI=1S/C31H26FN3O3S/c1-21-8-5-6-13-27(21)34-29(36)20-39-26-12-7-11-25(19-26)33-31(38)28(18-22-14-16-24(32)17-15-22)35-30(37)23-9-3-2-4-10-23/h2-19H,20H2,1H3,(H,33,38)(H,34,36)(H,35,37)/b28-18-. The molecule has 0 radical (unpaired) electrons. The van der Waals surface area contributed by atoms with Gasteiger partial charge in [-0.2, -0.15) is 0 Å². The summed E-state index contributed by atoms with van der Waals surface area (Å²) in [6.45, 7) is 1.93. The van der Waals surface area contributed by atoms with Gasteiger partial charge in [0.15, 0.2) is 0 Å². The topological polar surface area (TPSA) is 87.3 Å². The summed E-state index contributed by atoms with van der Waals surface area (Å²) >= 11 is 1.33. The summed E-state index contributed by atoms with van der Waals surface area (Å²) in [6, 6.07) is 28.7. The molecule has 39 heavy (non-hydrogen) atoms. The first-order valence-corrected chi connectivity index (χ1v) is 13.1. The highest BCUT2D eigenvalue weighted by molar-refractivity contribution is 8.00. The van der Waals surface area contributed by atoms with E-state index in [0.29, 0.717) is 16.8 Å². The van der Waals surface area contributed by atoms with Crippen molar-refractivity contribution in [3.8, 4) is 0 Å². The Morgan fingerprint density at radius 3 is 2.28 bits per heavy atom. The molecule has 0 saturated carbocycles. The maximum Gasteiger partial charge on any atom is 0.272 e. The zero-order valence-corrected chi connectivity index (χ0v) is 21.9. The Hall–Kier alpha value is -4.69. The molecule has 0 aliphatic heterocycles. The van der Waals surface area contributed by atoms with E-state index < -0.39 is 17.6 Å². The average Bonchev–Trinajstić information content (AvgIpc) is 2.94. The molecule has 0 spiro atoms. The number of amides is 3. The largest absolute Gasteiger partial charge is 0.325 e. The molecule has 8 heteroatoms. The zero-order valence-electron chi connectivity index (χ0n) is 21.1. The Bertz CT molecular complexity index is 1510. The molecule has 3 amide bonds. The van der Waals surface area contributed by atoms with Crippen LogP contribution in [-0.4, -0.2) is 23.5 Å². The van der Waals surface area contributed by atoms with Gasteiger partial charge in [-0.15, -0.1) is 11.8 Å². The first-order chi connectivity index (χ1) is 18.9. The third kappa shape index (κ3) is 8.15. The van der Waals surface area contributed by atoms with Gasteiger partial charge in [0.05, 0.1) is 5.75 Å². The van der Waals surface area contributed by atoms with Gasteiger partial charge in [0.1, 0.15) is 11.5 Å². The third-order valence-electron chi connectivity index (χ3n) is 5.59. The molecule has 6 nitrogen and oxygen atoms in total. The SMILES string of the molecule is Cc1ccccc1NC(=O)CSc1cccc(NC(=O)/C(=C/c2ccc(F)cc2)NC(=O)c2ccccc2)c1. The van der Waals surface area contributed by atoms with Gasteiger partial charge < -0.3 is 16.0 Å². The lowest BCUT2D eigenvalue weighted by Gasteiger charge is -2.12. The molecule has 0 unspecified atom stereocenters. The molecule has 0 aliphatic carbocycles. The van der Waals surface area contributed by atoms with Crippen molar-refractivity contribution in [1.82, 2.24) is 5.32 Å². The Balaban J connectivity index is 1.45. The molecular weight excluding hydrogens is 513 g/mol. The first-order valence-electron chi connectivity index (χ1n) is 12.1. The van der Waals surface area contributed by atoms with Gasteiger partial charge in [-0.1, -0.05) is 54.6 Å². The summed E-state index contributed by atoms with van der Waals surface area (Å²) in [5.41, 5.74) is 3.15. The number of halogens is 1. The van der Waals surface area contributed by atoms with Crippen LogP contribution in [0.5, 0.6) is 0 Å². The van der Waals surface area contributed by atoms with Crippen LogP contribution in [0.1, 0.15) is 21.5 Å². The smallest absolute Gasteiger partial charge is 0.272 e. The summed E-state index contributed by atoms with van der Waals surface area (Å²) in [5, 5.41) is 8.35. The van der Waals surface area contributed by atoms with Gasteiger partial charge in [-0.05, 0) is 72.7 Å². The molecule has 4 rings (SSSR count). The Morgan fingerprint density at radius 2 is 1.54 bits per heavy atom. The van der Waals surface area contributed by atoms with Gasteiger partial charge in [-0.25, -0.2) is 4.39 Å². The van der Waals surface area contributed by atoms with Crippen molar-refractivity contribution in [1.29, 1.82) is 0 Å². The van der Waals surface area contributed by atoms with E-state index >= 15 is 0 Å². The van der Waals surface area contributed by atoms with E-state index in [9.17, 15) is 18.8 Å². The summed E-state index contributed by atoms with van der Waals surface area (Å²) in [5.74, 6) is -1.37. The van der Waals surface area contributed by atoms with Gasteiger partial charge in [0.2, 0.25) is 5.91 Å².